The van der Waals surface area contributed by atoms with E-state index in [1.54, 1.807) is 20.3 Å². The molecule has 1 heterocycles. The molecule has 0 aliphatic carbocycles. The number of nitro groups is 1. The number of hydrogen-bond acceptors (Lipinski definition) is 6. The summed E-state index contributed by atoms with van der Waals surface area (Å²) < 4.78 is 23.6. The molecule has 0 saturated heterocycles. The van der Waals surface area contributed by atoms with Crippen LogP contribution in [-0.2, 0) is 12.8 Å². The molecule has 2 aromatic carbocycles. The minimum absolute atomic E-state index is 0.00356. The number of methoxy groups -OCH3 is 4. The molecule has 3 rings (SSSR count). The number of hydrogen-bond donors (Lipinski definition) is 0. The summed E-state index contributed by atoms with van der Waals surface area (Å²) in [6.45, 7) is 0.804. The highest BCUT2D eigenvalue weighted by atomic mass is 16.6. The molecule has 0 saturated carbocycles. The Hall–Kier alpha value is -3.29. The van der Waals surface area contributed by atoms with Crippen molar-refractivity contribution in [2.75, 3.05) is 42.0 Å². The van der Waals surface area contributed by atoms with Crippen molar-refractivity contribution in [3.8, 4) is 23.0 Å². The summed E-state index contributed by atoms with van der Waals surface area (Å²) in [7, 11) is 8.16. The molecule has 0 fully saturated rings. The molecule has 0 unspecified atom stereocenters. The minimum atomic E-state index is -0.393. The van der Waals surface area contributed by atoms with E-state index in [1.807, 2.05) is 19.2 Å². The van der Waals surface area contributed by atoms with Gasteiger partial charge in [0.05, 0.1) is 45.8 Å². The van der Waals surface area contributed by atoms with Crippen molar-refractivity contribution in [3.63, 3.8) is 0 Å². The lowest BCUT2D eigenvalue weighted by Crippen LogP contribution is -2.29. The van der Waals surface area contributed by atoms with Gasteiger partial charge in [0, 0.05) is 17.5 Å². The van der Waals surface area contributed by atoms with Gasteiger partial charge >= 0.3 is 0 Å². The first-order chi connectivity index (χ1) is 13.9. The van der Waals surface area contributed by atoms with Crippen molar-refractivity contribution < 1.29 is 28.4 Å². The number of nitro benzene ring substituents is 1. The van der Waals surface area contributed by atoms with Crippen LogP contribution in [0.15, 0.2) is 24.3 Å². The minimum Gasteiger partial charge on any atom is -0.493 e. The largest absolute Gasteiger partial charge is 0.493 e. The van der Waals surface area contributed by atoms with Gasteiger partial charge in [-0.3, -0.25) is 10.1 Å². The van der Waals surface area contributed by atoms with E-state index in [2.05, 4.69) is 4.58 Å². The molecular weight excluding hydrogens is 376 g/mol. The van der Waals surface area contributed by atoms with Gasteiger partial charge in [-0.25, -0.2) is 4.58 Å². The average Bonchev–Trinajstić information content (AvgIpc) is 2.73. The summed E-state index contributed by atoms with van der Waals surface area (Å²) in [5.74, 6) is 2.09. The predicted molar refractivity (Wildman–Crippen MR) is 108 cm³/mol. The van der Waals surface area contributed by atoms with E-state index in [1.165, 1.54) is 20.3 Å². The van der Waals surface area contributed by atoms with E-state index < -0.39 is 4.92 Å². The summed E-state index contributed by atoms with van der Waals surface area (Å²) in [5.41, 5.74) is 3.65. The number of benzene rings is 2. The van der Waals surface area contributed by atoms with E-state index in [-0.39, 0.29) is 5.69 Å². The predicted octanol–water partition coefficient (Wildman–Crippen LogP) is 2.86. The second-order valence-electron chi connectivity index (χ2n) is 6.75. The Morgan fingerprint density at radius 1 is 0.931 bits per heavy atom. The smallest absolute Gasteiger partial charge is 0.277 e. The van der Waals surface area contributed by atoms with Gasteiger partial charge in [-0.2, -0.15) is 0 Å². The topological polar surface area (TPSA) is 83.1 Å². The van der Waals surface area contributed by atoms with Crippen molar-refractivity contribution in [1.82, 2.24) is 0 Å². The molecule has 154 valence electrons. The fourth-order valence-corrected chi connectivity index (χ4v) is 3.66. The van der Waals surface area contributed by atoms with Crippen LogP contribution in [0.2, 0.25) is 0 Å². The van der Waals surface area contributed by atoms with Crippen LogP contribution in [0, 0.1) is 10.1 Å². The zero-order valence-electron chi connectivity index (χ0n) is 17.3. The Balaban J connectivity index is 2.12. The second kappa shape index (κ2) is 8.38. The maximum atomic E-state index is 11.7. The van der Waals surface area contributed by atoms with Crippen LogP contribution >= 0.6 is 0 Å². The lowest BCUT2D eigenvalue weighted by Gasteiger charge is -2.19. The summed E-state index contributed by atoms with van der Waals surface area (Å²) >= 11 is 0. The maximum Gasteiger partial charge on any atom is 0.277 e. The van der Waals surface area contributed by atoms with Crippen molar-refractivity contribution in [2.45, 2.75) is 12.8 Å². The summed E-state index contributed by atoms with van der Waals surface area (Å²) in [4.78, 5) is 11.3. The van der Waals surface area contributed by atoms with Gasteiger partial charge in [0.15, 0.2) is 28.7 Å². The Morgan fingerprint density at radius 2 is 1.48 bits per heavy atom. The summed E-state index contributed by atoms with van der Waals surface area (Å²) in [5, 5.41) is 11.7. The van der Waals surface area contributed by atoms with Crippen LogP contribution in [0.25, 0.3) is 0 Å². The van der Waals surface area contributed by atoms with Crippen LogP contribution in [-0.4, -0.2) is 57.2 Å². The standard InChI is InChI=1S/C21H25N2O6/c1-22-7-6-13-9-18(26-2)20(28-4)11-15(13)17(22)8-14-10-19(27-3)21(29-5)12-16(14)23(24)25/h9-12H,6-8H2,1-5H3/q+1. The lowest BCUT2D eigenvalue weighted by atomic mass is 9.91. The van der Waals surface area contributed by atoms with Gasteiger partial charge in [0.2, 0.25) is 0 Å². The molecule has 8 heteroatoms. The summed E-state index contributed by atoms with van der Waals surface area (Å²) in [6, 6.07) is 7.00. The Labute approximate surface area is 169 Å². The van der Waals surface area contributed by atoms with E-state index in [9.17, 15) is 10.1 Å². The maximum absolute atomic E-state index is 11.7. The molecule has 0 amide bonds. The first kappa shape index (κ1) is 20.4. The van der Waals surface area contributed by atoms with Crippen LogP contribution in [0.4, 0.5) is 5.69 Å². The molecule has 0 bridgehead atoms. The van der Waals surface area contributed by atoms with E-state index in [0.29, 0.717) is 35.0 Å². The SMILES string of the molecule is COc1cc2c(cc1OC)C(Cc1cc(OC)c(OC)cc1[N+](=O)[O-])=[N+](C)CC2. The molecular formula is C21H25N2O6+. The molecule has 0 N–H and O–H groups in total. The monoisotopic (exact) mass is 401 g/mol. The molecule has 2 aromatic rings. The Morgan fingerprint density at radius 3 is 2.07 bits per heavy atom. The van der Waals surface area contributed by atoms with Crippen LogP contribution in [0.3, 0.4) is 0 Å². The molecule has 0 atom stereocenters. The van der Waals surface area contributed by atoms with Gasteiger partial charge in [0.1, 0.15) is 13.6 Å². The van der Waals surface area contributed by atoms with Crippen LogP contribution in [0.1, 0.15) is 16.7 Å². The number of ether oxygens (including phenoxy) is 4. The van der Waals surface area contributed by atoms with E-state index in [0.717, 1.165) is 29.8 Å². The first-order valence-electron chi connectivity index (χ1n) is 9.15. The normalized spacial score (nSPS) is 13.0. The third kappa shape index (κ3) is 3.83. The molecule has 1 aliphatic heterocycles. The zero-order valence-corrected chi connectivity index (χ0v) is 17.3. The van der Waals surface area contributed by atoms with Gasteiger partial charge in [-0.05, 0) is 23.8 Å². The number of fused-ring (bicyclic) bond motifs is 1. The van der Waals surface area contributed by atoms with Gasteiger partial charge in [-0.15, -0.1) is 0 Å². The highest BCUT2D eigenvalue weighted by Crippen LogP contribution is 2.37. The molecule has 1 aliphatic rings. The van der Waals surface area contributed by atoms with Crippen molar-refractivity contribution in [2.24, 2.45) is 0 Å². The quantitative estimate of drug-likeness (QED) is 0.403. The van der Waals surface area contributed by atoms with E-state index in [4.69, 9.17) is 18.9 Å². The van der Waals surface area contributed by atoms with Crippen LogP contribution in [0.5, 0.6) is 23.0 Å². The Bertz CT molecular complexity index is 984. The van der Waals surface area contributed by atoms with E-state index >= 15 is 0 Å². The third-order valence-corrected chi connectivity index (χ3v) is 5.24. The number of rotatable bonds is 7. The first-order valence-corrected chi connectivity index (χ1v) is 9.15. The van der Waals surface area contributed by atoms with Gasteiger partial charge in [0.25, 0.3) is 5.69 Å². The molecule has 0 aromatic heterocycles. The third-order valence-electron chi connectivity index (χ3n) is 5.24. The molecule has 0 radical (unpaired) electrons. The molecule has 8 nitrogen and oxygen atoms in total. The number of nitrogens with zero attached hydrogens (tertiary/aromatic N) is 2. The lowest BCUT2D eigenvalue weighted by molar-refractivity contribution is -0.499. The van der Waals surface area contributed by atoms with Crippen molar-refractivity contribution >= 4 is 11.4 Å². The Kier molecular flexibility index (Phi) is 5.91. The second-order valence-corrected chi connectivity index (χ2v) is 6.75. The van der Waals surface area contributed by atoms with Gasteiger partial charge in [-0.1, -0.05) is 0 Å². The molecule has 0 spiro atoms. The van der Waals surface area contributed by atoms with Gasteiger partial charge < -0.3 is 18.9 Å². The van der Waals surface area contributed by atoms with Crippen molar-refractivity contribution in [3.05, 3.63) is 51.1 Å². The highest BCUT2D eigenvalue weighted by molar-refractivity contribution is 6.01. The fraction of sp³-hybridized carbons (Fsp3) is 0.381. The van der Waals surface area contributed by atoms with Crippen LogP contribution < -0.4 is 18.9 Å². The fourth-order valence-electron chi connectivity index (χ4n) is 3.66. The summed E-state index contributed by atoms with van der Waals surface area (Å²) in [6.07, 6.45) is 1.22. The highest BCUT2D eigenvalue weighted by Gasteiger charge is 2.29. The molecule has 29 heavy (non-hydrogen) atoms. The zero-order chi connectivity index (χ0) is 21.1. The average molecular weight is 401 g/mol. The number of likely N-dealkylation sites (N-methyl/N-ethyl adjacent to an activating group) is 1. The van der Waals surface area contributed by atoms with Crippen molar-refractivity contribution in [1.29, 1.82) is 0 Å².